The van der Waals surface area contributed by atoms with Gasteiger partial charge in [0.1, 0.15) is 36.0 Å². The molecule has 3 aromatic rings. The van der Waals surface area contributed by atoms with Crippen molar-refractivity contribution in [2.45, 2.75) is 43.9 Å². The summed E-state index contributed by atoms with van der Waals surface area (Å²) in [5, 5.41) is 27.0. The molecule has 20 nitrogen and oxygen atoms in total. The van der Waals surface area contributed by atoms with Crippen molar-refractivity contribution >= 4 is 65.4 Å². The maximum atomic E-state index is 13.0. The summed E-state index contributed by atoms with van der Waals surface area (Å²) in [6.07, 6.45) is -2.10. The van der Waals surface area contributed by atoms with Gasteiger partial charge in [-0.05, 0) is 13.8 Å². The predicted molar refractivity (Wildman–Crippen MR) is 169 cm³/mol. The van der Waals surface area contributed by atoms with E-state index in [0.29, 0.717) is 16.9 Å². The number of ether oxygens (including phenoxy) is 1. The number of nitrogens with one attached hydrogen (secondary N) is 3. The molecule has 46 heavy (non-hydrogen) atoms. The number of aliphatic hydroxyl groups excluding tert-OH is 2. The Kier molecular flexibility index (Phi) is 9.66. The Labute approximate surface area is 265 Å². The number of carbonyl (C=O) groups is 1. The van der Waals surface area contributed by atoms with E-state index >= 15 is 0 Å². The third-order valence-electron chi connectivity index (χ3n) is 7.31. The highest BCUT2D eigenvalue weighted by molar-refractivity contribution is 7.99. The summed E-state index contributed by atoms with van der Waals surface area (Å²) in [6, 6.07) is 0. The van der Waals surface area contributed by atoms with Crippen molar-refractivity contribution < 1.29 is 34.1 Å². The van der Waals surface area contributed by atoms with E-state index in [1.54, 1.807) is 13.8 Å². The summed E-state index contributed by atoms with van der Waals surface area (Å²) in [5.74, 6) is 0.281. The van der Waals surface area contributed by atoms with E-state index in [0.717, 1.165) is 0 Å². The number of anilines is 3. The van der Waals surface area contributed by atoms with Crippen molar-refractivity contribution in [3.8, 4) is 0 Å². The molecule has 2 aliphatic rings. The number of hydrogen-bond acceptors (Lipinski definition) is 16. The predicted octanol–water partition coefficient (Wildman–Crippen LogP) is -2.04. The van der Waals surface area contributed by atoms with Crippen LogP contribution in [0.4, 0.5) is 23.3 Å². The molecular weight excluding hydrogens is 647 g/mol. The van der Waals surface area contributed by atoms with Crippen LogP contribution in [0.3, 0.4) is 0 Å². The van der Waals surface area contributed by atoms with Gasteiger partial charge in [-0.2, -0.15) is 16.7 Å². The number of carbonyl (C=O) groups excluding carboxylic acids is 1. The van der Waals surface area contributed by atoms with Crippen molar-refractivity contribution in [3.05, 3.63) is 23.0 Å². The first-order valence-electron chi connectivity index (χ1n) is 14.0. The zero-order valence-corrected chi connectivity index (χ0v) is 26.5. The molecule has 0 saturated carbocycles. The van der Waals surface area contributed by atoms with E-state index in [4.69, 9.17) is 16.2 Å². The Morgan fingerprint density at radius 2 is 1.98 bits per heavy atom. The van der Waals surface area contributed by atoms with Gasteiger partial charge in [-0.15, -0.1) is 0 Å². The molecular formula is C24H35N12O8PS. The van der Waals surface area contributed by atoms with Gasteiger partial charge >= 0.3 is 7.60 Å². The maximum absolute atomic E-state index is 13.0. The van der Waals surface area contributed by atoms with Gasteiger partial charge in [-0.3, -0.25) is 28.6 Å². The molecule has 22 heteroatoms. The molecule has 0 bridgehead atoms. The van der Waals surface area contributed by atoms with Crippen LogP contribution in [0.1, 0.15) is 20.1 Å². The standard InChI is InChI=1S/C24H35N12O8PS/c1-24(2)16(31-13-18(34-24)32-23(26)33-20(13)39)21(40)27-3-4-35(10-45(41,42)43)5-6-46-7-11-14(37)15(38)22(44-11)36-9-30-12-17(25)28-8-29-19(12)36/h8-9,11,14-15,22,37-38H,3-7,10H2,1-2H3,(H,27,40)(H2,25,28,29)(H2,41,42,43)(H4,26,32,33,34,39)/t11-,14?,15+,22-/m1/s1. The normalized spacial score (nSPS) is 22.5. The fourth-order valence-corrected chi connectivity index (χ4v) is 6.95. The van der Waals surface area contributed by atoms with Crippen LogP contribution < -0.4 is 27.7 Å². The number of fused-ring (bicyclic) bond motifs is 2. The topological polar surface area (TPSA) is 305 Å². The number of nitrogens with zero attached hydrogens (tertiary/aromatic N) is 7. The summed E-state index contributed by atoms with van der Waals surface area (Å²) in [6.45, 7) is 3.70. The fourth-order valence-electron chi connectivity index (χ4n) is 5.09. The average molecular weight is 683 g/mol. The number of aliphatic hydroxyl groups is 2. The maximum Gasteiger partial charge on any atom is 0.339 e. The first kappa shape index (κ1) is 33.7. The van der Waals surface area contributed by atoms with E-state index in [2.05, 4.69) is 40.5 Å². The number of imidazole rings is 1. The SMILES string of the molecule is CC1(C)Nc2nc(N)[nH]c(=O)c2N=C1C(=O)NCCN(CCSC[C@H]1O[C@@H](n2cnc3c(N)ncnc32)[C@@H](O)C1O)CP(=O)(O)O. The smallest absolute Gasteiger partial charge is 0.339 e. The molecule has 1 fully saturated rings. The molecule has 1 amide bonds. The number of thioether (sulfide) groups is 1. The van der Waals surface area contributed by atoms with Crippen molar-refractivity contribution in [2.24, 2.45) is 4.99 Å². The minimum Gasteiger partial charge on any atom is -0.387 e. The van der Waals surface area contributed by atoms with E-state index in [-0.39, 0.29) is 54.4 Å². The van der Waals surface area contributed by atoms with Gasteiger partial charge in [0, 0.05) is 31.1 Å². The average Bonchev–Trinajstić information content (AvgIpc) is 3.50. The molecule has 3 aromatic heterocycles. The molecule has 0 radical (unpaired) electrons. The van der Waals surface area contributed by atoms with Crippen molar-refractivity contribution in [2.75, 3.05) is 54.2 Å². The number of aromatic amines is 1. The third kappa shape index (κ3) is 7.31. The van der Waals surface area contributed by atoms with E-state index < -0.39 is 55.4 Å². The van der Waals surface area contributed by atoms with Gasteiger partial charge in [0.25, 0.3) is 11.5 Å². The van der Waals surface area contributed by atoms with Crippen LogP contribution >= 0.6 is 19.4 Å². The molecule has 1 saturated heterocycles. The van der Waals surface area contributed by atoms with Crippen molar-refractivity contribution in [3.63, 3.8) is 0 Å². The highest BCUT2D eigenvalue weighted by Crippen LogP contribution is 2.36. The first-order chi connectivity index (χ1) is 21.6. The molecule has 11 N–H and O–H groups in total. The Bertz CT molecular complexity index is 1750. The fraction of sp³-hybridized carbons (Fsp3) is 0.542. The summed E-state index contributed by atoms with van der Waals surface area (Å²) in [7, 11) is -4.44. The van der Waals surface area contributed by atoms with E-state index in [1.807, 2.05) is 0 Å². The van der Waals surface area contributed by atoms with E-state index in [1.165, 1.54) is 33.9 Å². The summed E-state index contributed by atoms with van der Waals surface area (Å²) < 4.78 is 19.2. The quantitative estimate of drug-likeness (QED) is 0.0734. The summed E-state index contributed by atoms with van der Waals surface area (Å²) >= 11 is 1.35. The molecule has 0 aliphatic carbocycles. The lowest BCUT2D eigenvalue weighted by molar-refractivity contribution is -0.115. The van der Waals surface area contributed by atoms with Crippen LogP contribution in [0.15, 0.2) is 22.4 Å². The van der Waals surface area contributed by atoms with Crippen LogP contribution in [-0.2, 0) is 14.1 Å². The molecule has 0 aromatic carbocycles. The van der Waals surface area contributed by atoms with Crippen LogP contribution in [0.2, 0.25) is 0 Å². The van der Waals surface area contributed by atoms with Crippen LogP contribution in [0.5, 0.6) is 0 Å². The van der Waals surface area contributed by atoms with Crippen LogP contribution in [-0.4, -0.2) is 127 Å². The van der Waals surface area contributed by atoms with E-state index in [9.17, 15) is 34.2 Å². The van der Waals surface area contributed by atoms with Crippen LogP contribution in [0, 0.1) is 0 Å². The minimum absolute atomic E-state index is 0.0179. The Morgan fingerprint density at radius 1 is 1.22 bits per heavy atom. The number of nitrogens with two attached hydrogens (primary N) is 2. The number of amides is 1. The molecule has 4 atom stereocenters. The third-order valence-corrected chi connectivity index (χ3v) is 9.11. The zero-order valence-electron chi connectivity index (χ0n) is 24.8. The number of rotatable bonds is 12. The van der Waals surface area contributed by atoms with Crippen molar-refractivity contribution in [1.29, 1.82) is 0 Å². The number of hydrogen-bond donors (Lipinski definition) is 9. The van der Waals surface area contributed by atoms with Gasteiger partial charge < -0.3 is 46.8 Å². The van der Waals surface area contributed by atoms with Gasteiger partial charge in [0.2, 0.25) is 5.95 Å². The Morgan fingerprint density at radius 3 is 2.72 bits per heavy atom. The lowest BCUT2D eigenvalue weighted by Gasteiger charge is -2.32. The second kappa shape index (κ2) is 13.2. The monoisotopic (exact) mass is 682 g/mol. The lowest BCUT2D eigenvalue weighted by atomic mass is 9.95. The highest BCUT2D eigenvalue weighted by atomic mass is 32.2. The first-order valence-corrected chi connectivity index (χ1v) is 16.9. The summed E-state index contributed by atoms with van der Waals surface area (Å²) in [4.78, 5) is 68.8. The van der Waals surface area contributed by atoms with Gasteiger partial charge in [0.05, 0.1) is 18.0 Å². The molecule has 2 aliphatic heterocycles. The second-order valence-corrected chi connectivity index (χ2v) is 14.0. The van der Waals surface area contributed by atoms with Crippen LogP contribution in [0.25, 0.3) is 11.2 Å². The molecule has 0 spiro atoms. The second-order valence-electron chi connectivity index (χ2n) is 11.2. The highest BCUT2D eigenvalue weighted by Gasteiger charge is 2.44. The largest absolute Gasteiger partial charge is 0.387 e. The van der Waals surface area contributed by atoms with Crippen molar-refractivity contribution in [1.82, 2.24) is 39.7 Å². The number of H-pyrrole nitrogens is 1. The molecule has 5 rings (SSSR count). The Balaban J connectivity index is 1.14. The molecule has 1 unspecified atom stereocenters. The number of nitrogen functional groups attached to an aromatic ring is 2. The zero-order chi connectivity index (χ0) is 33.4. The van der Waals surface area contributed by atoms with Gasteiger partial charge in [-0.25, -0.2) is 19.9 Å². The number of aliphatic imine (C=N–C) groups is 1. The summed E-state index contributed by atoms with van der Waals surface area (Å²) in [5.41, 5.74) is 10.4. The number of aromatic nitrogens is 6. The van der Waals surface area contributed by atoms with Gasteiger partial charge in [-0.1, -0.05) is 0 Å². The van der Waals surface area contributed by atoms with Gasteiger partial charge in [0.15, 0.2) is 29.2 Å². The lowest BCUT2D eigenvalue weighted by Crippen LogP contribution is -2.51. The Hall–Kier alpha value is -3.69. The minimum atomic E-state index is -4.44. The molecule has 5 heterocycles. The molecule has 250 valence electrons.